The molecule has 4 N–H and O–H groups in total. The van der Waals surface area contributed by atoms with Gasteiger partial charge in [-0.1, -0.05) is 0 Å². The van der Waals surface area contributed by atoms with Gasteiger partial charge in [0.2, 0.25) is 0 Å². The minimum atomic E-state index is -1.17. The van der Waals surface area contributed by atoms with Gasteiger partial charge in [0.15, 0.2) is 0 Å². The lowest BCUT2D eigenvalue weighted by atomic mass is 10.1. The highest BCUT2D eigenvalue weighted by Gasteiger charge is 2.43. The van der Waals surface area contributed by atoms with E-state index in [9.17, 15) is 19.8 Å². The normalized spacial score (nSPS) is 31.8. The summed E-state index contributed by atoms with van der Waals surface area (Å²) >= 11 is 1.10. The number of rotatable bonds is 2. The Morgan fingerprint density at radius 1 is 1.39 bits per heavy atom. The third kappa shape index (κ3) is 2.12. The standard InChI is InChI=1S/C10H14N2O5S/c1-4-2-12(10(17)11-8(4)16)9-7(15)6(14)5(3-13)18-9/h2,5-7,9,13-15H,3H2,1H3,(H,11,16,17)/t5-,6?,7?,9-/m1/s1. The Morgan fingerprint density at radius 2 is 2.06 bits per heavy atom. The molecule has 0 radical (unpaired) electrons. The van der Waals surface area contributed by atoms with E-state index in [0.717, 1.165) is 11.8 Å². The second-order valence-electron chi connectivity index (χ2n) is 4.21. The Balaban J connectivity index is 2.42. The number of aromatic amines is 1. The molecular weight excluding hydrogens is 260 g/mol. The molecule has 2 heterocycles. The molecule has 4 atom stereocenters. The van der Waals surface area contributed by atoms with Crippen molar-refractivity contribution in [3.8, 4) is 0 Å². The van der Waals surface area contributed by atoms with Crippen LogP contribution in [0, 0.1) is 6.92 Å². The van der Waals surface area contributed by atoms with Crippen molar-refractivity contribution in [3.05, 3.63) is 32.6 Å². The van der Waals surface area contributed by atoms with Crippen LogP contribution in [0.1, 0.15) is 10.9 Å². The van der Waals surface area contributed by atoms with Gasteiger partial charge in [-0.3, -0.25) is 14.3 Å². The molecule has 100 valence electrons. The summed E-state index contributed by atoms with van der Waals surface area (Å²) in [6.07, 6.45) is -0.937. The number of H-pyrrole nitrogens is 1. The Labute approximate surface area is 106 Å². The summed E-state index contributed by atoms with van der Waals surface area (Å²) in [5.41, 5.74) is -0.787. The monoisotopic (exact) mass is 274 g/mol. The number of aromatic nitrogens is 2. The highest BCUT2D eigenvalue weighted by atomic mass is 32.2. The Bertz CT molecular complexity index is 554. The van der Waals surface area contributed by atoms with E-state index in [4.69, 9.17) is 5.11 Å². The van der Waals surface area contributed by atoms with Gasteiger partial charge >= 0.3 is 5.69 Å². The highest BCUT2D eigenvalue weighted by Crippen LogP contribution is 2.40. The van der Waals surface area contributed by atoms with Gasteiger partial charge in [0, 0.05) is 11.8 Å². The van der Waals surface area contributed by atoms with Crippen LogP contribution in [-0.4, -0.2) is 48.9 Å². The van der Waals surface area contributed by atoms with Crippen LogP contribution >= 0.6 is 11.8 Å². The minimum absolute atomic E-state index is 0.295. The van der Waals surface area contributed by atoms with Gasteiger partial charge in [-0.2, -0.15) is 0 Å². The molecule has 8 heteroatoms. The average molecular weight is 274 g/mol. The van der Waals surface area contributed by atoms with Gasteiger partial charge in [0.1, 0.15) is 11.5 Å². The number of aliphatic hydroxyl groups excluding tert-OH is 3. The van der Waals surface area contributed by atoms with Gasteiger partial charge in [0.05, 0.1) is 18.0 Å². The van der Waals surface area contributed by atoms with Crippen LogP contribution in [0.15, 0.2) is 15.8 Å². The number of hydrogen-bond acceptors (Lipinski definition) is 6. The summed E-state index contributed by atoms with van der Waals surface area (Å²) in [6.45, 7) is 1.25. The third-order valence-corrected chi connectivity index (χ3v) is 4.50. The van der Waals surface area contributed by atoms with E-state index in [-0.39, 0.29) is 6.61 Å². The molecule has 0 amide bonds. The Hall–Kier alpha value is -1.09. The fraction of sp³-hybridized carbons (Fsp3) is 0.600. The molecular formula is C10H14N2O5S. The number of nitrogens with zero attached hydrogens (tertiary/aromatic N) is 1. The third-order valence-electron chi connectivity index (χ3n) is 2.94. The van der Waals surface area contributed by atoms with Crippen LogP contribution in [0.5, 0.6) is 0 Å². The summed E-state index contributed by atoms with van der Waals surface area (Å²) in [5, 5.41) is 27.3. The van der Waals surface area contributed by atoms with E-state index in [1.165, 1.54) is 10.8 Å². The molecule has 0 aromatic carbocycles. The van der Waals surface area contributed by atoms with Crippen LogP contribution in [0.4, 0.5) is 0 Å². The predicted octanol–water partition coefficient (Wildman–Crippen LogP) is -1.83. The smallest absolute Gasteiger partial charge is 0.329 e. The number of aliphatic hydroxyl groups is 3. The van der Waals surface area contributed by atoms with E-state index in [0.29, 0.717) is 5.56 Å². The van der Waals surface area contributed by atoms with Crippen molar-refractivity contribution in [3.63, 3.8) is 0 Å². The van der Waals surface area contributed by atoms with Crippen molar-refractivity contribution in [2.75, 3.05) is 6.61 Å². The van der Waals surface area contributed by atoms with E-state index in [2.05, 4.69) is 4.98 Å². The zero-order valence-corrected chi connectivity index (χ0v) is 10.4. The van der Waals surface area contributed by atoms with Crippen LogP contribution in [0.3, 0.4) is 0 Å². The van der Waals surface area contributed by atoms with Crippen LogP contribution in [-0.2, 0) is 0 Å². The van der Waals surface area contributed by atoms with E-state index < -0.39 is 34.1 Å². The second kappa shape index (κ2) is 4.88. The maximum absolute atomic E-state index is 11.7. The largest absolute Gasteiger partial charge is 0.395 e. The molecule has 1 saturated heterocycles. The number of nitrogens with one attached hydrogen (secondary N) is 1. The minimum Gasteiger partial charge on any atom is -0.395 e. The maximum Gasteiger partial charge on any atom is 0.329 e. The Kier molecular flexibility index (Phi) is 3.62. The molecule has 0 saturated carbocycles. The molecule has 1 fully saturated rings. The molecule has 1 aliphatic heterocycles. The second-order valence-corrected chi connectivity index (χ2v) is 5.57. The van der Waals surface area contributed by atoms with Crippen molar-refractivity contribution in [1.29, 1.82) is 0 Å². The zero-order chi connectivity index (χ0) is 13.4. The van der Waals surface area contributed by atoms with E-state index in [1.54, 1.807) is 6.92 Å². The lowest BCUT2D eigenvalue weighted by Gasteiger charge is -2.17. The van der Waals surface area contributed by atoms with Crippen molar-refractivity contribution >= 4 is 11.8 Å². The molecule has 2 unspecified atom stereocenters. The van der Waals surface area contributed by atoms with Crippen molar-refractivity contribution in [2.45, 2.75) is 29.8 Å². The first kappa shape index (κ1) is 13.3. The molecule has 1 aliphatic rings. The number of hydrogen-bond donors (Lipinski definition) is 4. The van der Waals surface area contributed by atoms with Crippen LogP contribution in [0.25, 0.3) is 0 Å². The SMILES string of the molecule is Cc1cn([C@@H]2S[C@H](CO)C(O)C2O)c(=O)[nH]c1=O. The van der Waals surface area contributed by atoms with Crippen molar-refractivity contribution in [2.24, 2.45) is 0 Å². The van der Waals surface area contributed by atoms with Crippen LogP contribution in [0.2, 0.25) is 0 Å². The summed E-state index contributed by atoms with van der Waals surface area (Å²) < 4.78 is 1.17. The van der Waals surface area contributed by atoms with E-state index >= 15 is 0 Å². The number of aryl methyl sites for hydroxylation is 1. The summed E-state index contributed by atoms with van der Waals surface area (Å²) in [7, 11) is 0. The van der Waals surface area contributed by atoms with Gasteiger partial charge < -0.3 is 15.3 Å². The fourth-order valence-electron chi connectivity index (χ4n) is 1.88. The molecule has 1 aromatic heterocycles. The topological polar surface area (TPSA) is 116 Å². The van der Waals surface area contributed by atoms with Gasteiger partial charge in [0.25, 0.3) is 5.56 Å². The molecule has 7 nitrogen and oxygen atoms in total. The van der Waals surface area contributed by atoms with Gasteiger partial charge in [-0.25, -0.2) is 4.79 Å². The summed E-state index contributed by atoms with van der Waals surface area (Å²) in [5.74, 6) is 0. The van der Waals surface area contributed by atoms with Crippen molar-refractivity contribution < 1.29 is 15.3 Å². The molecule has 2 rings (SSSR count). The quantitative estimate of drug-likeness (QED) is 0.504. The zero-order valence-electron chi connectivity index (χ0n) is 9.61. The number of thioether (sulfide) groups is 1. The molecule has 0 bridgehead atoms. The lowest BCUT2D eigenvalue weighted by Crippen LogP contribution is -2.38. The first-order valence-corrected chi connectivity index (χ1v) is 6.34. The molecule has 1 aromatic rings. The summed E-state index contributed by atoms with van der Waals surface area (Å²) in [4.78, 5) is 25.0. The first-order valence-electron chi connectivity index (χ1n) is 5.40. The first-order chi connectivity index (χ1) is 8.45. The fourth-order valence-corrected chi connectivity index (χ4v) is 3.26. The molecule has 0 spiro atoms. The van der Waals surface area contributed by atoms with Gasteiger partial charge in [-0.05, 0) is 6.92 Å². The highest BCUT2D eigenvalue weighted by molar-refractivity contribution is 8.00. The van der Waals surface area contributed by atoms with Crippen LogP contribution < -0.4 is 11.2 Å². The average Bonchev–Trinajstić information content (AvgIpc) is 2.61. The molecule has 0 aliphatic carbocycles. The predicted molar refractivity (Wildman–Crippen MR) is 65.6 cm³/mol. The molecule has 18 heavy (non-hydrogen) atoms. The van der Waals surface area contributed by atoms with E-state index in [1.807, 2.05) is 0 Å². The summed E-state index contributed by atoms with van der Waals surface area (Å²) in [6, 6.07) is 0. The Morgan fingerprint density at radius 3 is 2.61 bits per heavy atom. The van der Waals surface area contributed by atoms with Gasteiger partial charge in [-0.15, -0.1) is 11.8 Å². The lowest BCUT2D eigenvalue weighted by molar-refractivity contribution is 0.0101. The maximum atomic E-state index is 11.7. The van der Waals surface area contributed by atoms with Crippen molar-refractivity contribution in [1.82, 2.24) is 9.55 Å².